The largest absolute Gasteiger partial charge is 0.481 e. The van der Waals surface area contributed by atoms with Crippen LogP contribution in [0.15, 0.2) is 24.3 Å². The lowest BCUT2D eigenvalue weighted by atomic mass is 9.99. The Morgan fingerprint density at radius 1 is 1.30 bits per heavy atom. The molecule has 0 unspecified atom stereocenters. The Bertz CT molecular complexity index is 543. The second-order valence-electron chi connectivity index (χ2n) is 6.43. The van der Waals surface area contributed by atoms with Crippen molar-refractivity contribution in [3.63, 3.8) is 0 Å². The number of likely N-dealkylation sites (tertiary alicyclic amines) is 1. The van der Waals surface area contributed by atoms with Gasteiger partial charge in [-0.2, -0.15) is 0 Å². The van der Waals surface area contributed by atoms with E-state index in [1.165, 1.54) is 5.56 Å². The summed E-state index contributed by atoms with van der Waals surface area (Å²) in [7, 11) is -1.32. The van der Waals surface area contributed by atoms with Crippen molar-refractivity contribution >= 4 is 14.0 Å². The van der Waals surface area contributed by atoms with E-state index < -0.39 is 14.0 Å². The molecule has 1 aromatic rings. The van der Waals surface area contributed by atoms with Crippen LogP contribution in [0, 0.1) is 17.4 Å². The number of carbonyl (C=O) groups is 1. The van der Waals surface area contributed by atoms with Crippen LogP contribution in [0.1, 0.15) is 11.1 Å². The van der Waals surface area contributed by atoms with Crippen molar-refractivity contribution in [2.75, 3.05) is 13.1 Å². The molecule has 106 valence electrons. The number of carboxylic acid groups (broad SMARTS) is 1. The number of hydrogen-bond acceptors (Lipinski definition) is 2. The molecule has 0 spiro atoms. The van der Waals surface area contributed by atoms with E-state index in [1.54, 1.807) is 0 Å². The van der Waals surface area contributed by atoms with Crippen LogP contribution < -0.4 is 0 Å². The lowest BCUT2D eigenvalue weighted by Crippen LogP contribution is -2.49. The molecule has 1 saturated heterocycles. The van der Waals surface area contributed by atoms with Gasteiger partial charge in [-0.1, -0.05) is 37.7 Å². The van der Waals surface area contributed by atoms with Crippen LogP contribution in [0.5, 0.6) is 0 Å². The normalized spacial score (nSPS) is 16.1. The highest BCUT2D eigenvalue weighted by Crippen LogP contribution is 2.18. The van der Waals surface area contributed by atoms with Crippen molar-refractivity contribution in [1.29, 1.82) is 0 Å². The van der Waals surface area contributed by atoms with E-state index in [2.05, 4.69) is 60.3 Å². The Morgan fingerprint density at radius 2 is 1.90 bits per heavy atom. The Balaban J connectivity index is 1.89. The molecule has 2 rings (SSSR count). The number of hydrogen-bond donors (Lipinski definition) is 1. The minimum atomic E-state index is -1.32. The molecule has 3 nitrogen and oxygen atoms in total. The number of benzene rings is 1. The highest BCUT2D eigenvalue weighted by Gasteiger charge is 2.31. The summed E-state index contributed by atoms with van der Waals surface area (Å²) in [5.74, 6) is 2.37. The molecule has 0 bridgehead atoms. The minimum Gasteiger partial charge on any atom is -0.481 e. The molecule has 1 aliphatic heterocycles. The minimum absolute atomic E-state index is 0.183. The number of carboxylic acids is 1. The van der Waals surface area contributed by atoms with E-state index in [0.29, 0.717) is 13.1 Å². The quantitative estimate of drug-likeness (QED) is 0.685. The highest BCUT2D eigenvalue weighted by atomic mass is 28.3. The smallest absolute Gasteiger partial charge is 0.309 e. The maximum atomic E-state index is 10.7. The van der Waals surface area contributed by atoms with Crippen molar-refractivity contribution in [3.8, 4) is 11.5 Å². The van der Waals surface area contributed by atoms with Crippen LogP contribution in [0.25, 0.3) is 0 Å². The Hall–Kier alpha value is -1.57. The second kappa shape index (κ2) is 5.82. The van der Waals surface area contributed by atoms with Gasteiger partial charge in [0.2, 0.25) is 0 Å². The summed E-state index contributed by atoms with van der Waals surface area (Å²) in [5, 5.41) is 8.84. The summed E-state index contributed by atoms with van der Waals surface area (Å²) in [6.07, 6.45) is 0. The van der Waals surface area contributed by atoms with Crippen LogP contribution >= 0.6 is 0 Å². The van der Waals surface area contributed by atoms with Crippen LogP contribution in [0.4, 0.5) is 0 Å². The fourth-order valence-corrected chi connectivity index (χ4v) is 2.59. The maximum Gasteiger partial charge on any atom is 0.309 e. The van der Waals surface area contributed by atoms with Gasteiger partial charge in [-0.15, -0.1) is 5.54 Å². The summed E-state index contributed by atoms with van der Waals surface area (Å²) in [5.41, 5.74) is 5.63. The molecule has 1 N–H and O–H groups in total. The number of nitrogens with zero attached hydrogens (tertiary/aromatic N) is 1. The Kier molecular flexibility index (Phi) is 4.31. The molecule has 1 heterocycles. The fourth-order valence-electron chi connectivity index (χ4n) is 2.07. The fraction of sp³-hybridized carbons (Fsp3) is 0.438. The molecular weight excluding hydrogens is 266 g/mol. The SMILES string of the molecule is C[Si](C)(C)C#Cc1ccc(CN2CC(C(=O)O)C2)cc1. The third kappa shape index (κ3) is 4.22. The molecule has 4 heteroatoms. The van der Waals surface area contributed by atoms with Gasteiger partial charge in [-0.05, 0) is 17.7 Å². The first-order valence-electron chi connectivity index (χ1n) is 6.91. The predicted molar refractivity (Wildman–Crippen MR) is 83.1 cm³/mol. The first-order valence-corrected chi connectivity index (χ1v) is 10.4. The Labute approximate surface area is 121 Å². The lowest BCUT2D eigenvalue weighted by molar-refractivity contribution is -0.147. The average molecular weight is 287 g/mol. The zero-order valence-corrected chi connectivity index (χ0v) is 13.3. The van der Waals surface area contributed by atoms with E-state index in [9.17, 15) is 4.79 Å². The van der Waals surface area contributed by atoms with Crippen LogP contribution in [-0.4, -0.2) is 37.1 Å². The molecule has 20 heavy (non-hydrogen) atoms. The van der Waals surface area contributed by atoms with Crippen molar-refractivity contribution in [1.82, 2.24) is 4.90 Å². The van der Waals surface area contributed by atoms with Crippen LogP contribution in [0.2, 0.25) is 19.6 Å². The van der Waals surface area contributed by atoms with Crippen molar-refractivity contribution < 1.29 is 9.90 Å². The Morgan fingerprint density at radius 3 is 2.40 bits per heavy atom. The topological polar surface area (TPSA) is 40.5 Å². The van der Waals surface area contributed by atoms with Gasteiger partial charge in [0.05, 0.1) is 5.92 Å². The lowest BCUT2D eigenvalue weighted by Gasteiger charge is -2.36. The van der Waals surface area contributed by atoms with Gasteiger partial charge in [-0.3, -0.25) is 9.69 Å². The summed E-state index contributed by atoms with van der Waals surface area (Å²) in [6.45, 7) is 8.84. The van der Waals surface area contributed by atoms with E-state index in [0.717, 1.165) is 12.1 Å². The first-order chi connectivity index (χ1) is 9.33. The predicted octanol–water partition coefficient (Wildman–Crippen LogP) is 2.43. The molecule has 0 amide bonds. The van der Waals surface area contributed by atoms with Gasteiger partial charge < -0.3 is 5.11 Å². The van der Waals surface area contributed by atoms with E-state index in [4.69, 9.17) is 5.11 Å². The zero-order chi connectivity index (χ0) is 14.8. The van der Waals surface area contributed by atoms with Crippen molar-refractivity contribution in [3.05, 3.63) is 35.4 Å². The molecule has 0 aromatic heterocycles. The monoisotopic (exact) mass is 287 g/mol. The number of aliphatic carboxylic acids is 1. The average Bonchev–Trinajstić information content (AvgIpc) is 2.30. The van der Waals surface area contributed by atoms with Gasteiger partial charge in [-0.25, -0.2) is 0 Å². The van der Waals surface area contributed by atoms with Gasteiger partial charge in [0.25, 0.3) is 0 Å². The van der Waals surface area contributed by atoms with Crippen molar-refractivity contribution in [2.45, 2.75) is 26.2 Å². The molecule has 0 radical (unpaired) electrons. The first kappa shape index (κ1) is 14.8. The molecule has 1 aliphatic rings. The summed E-state index contributed by atoms with van der Waals surface area (Å²) >= 11 is 0. The molecule has 1 aromatic carbocycles. The van der Waals surface area contributed by atoms with E-state index >= 15 is 0 Å². The van der Waals surface area contributed by atoms with Gasteiger partial charge in [0.1, 0.15) is 8.07 Å². The highest BCUT2D eigenvalue weighted by molar-refractivity contribution is 6.83. The van der Waals surface area contributed by atoms with Crippen LogP contribution in [-0.2, 0) is 11.3 Å². The third-order valence-corrected chi connectivity index (χ3v) is 4.12. The molecule has 0 saturated carbocycles. The molecule has 0 atom stereocenters. The molecule has 1 fully saturated rings. The van der Waals surface area contributed by atoms with Gasteiger partial charge >= 0.3 is 5.97 Å². The van der Waals surface area contributed by atoms with E-state index in [-0.39, 0.29) is 5.92 Å². The van der Waals surface area contributed by atoms with Gasteiger partial charge in [0, 0.05) is 25.2 Å². The third-order valence-electron chi connectivity index (χ3n) is 3.25. The number of rotatable bonds is 3. The van der Waals surface area contributed by atoms with Gasteiger partial charge in [0.15, 0.2) is 0 Å². The standard InChI is InChI=1S/C16H21NO2Si/c1-20(2,3)9-8-13-4-6-14(7-5-13)10-17-11-15(12-17)16(18)19/h4-7,15H,10-12H2,1-3H3,(H,18,19). The summed E-state index contributed by atoms with van der Waals surface area (Å²) < 4.78 is 0. The molecular formula is C16H21NO2Si. The molecule has 0 aliphatic carbocycles. The van der Waals surface area contributed by atoms with E-state index in [1.807, 2.05) is 0 Å². The summed E-state index contributed by atoms with van der Waals surface area (Å²) in [6, 6.07) is 8.28. The van der Waals surface area contributed by atoms with Crippen molar-refractivity contribution in [2.24, 2.45) is 5.92 Å². The second-order valence-corrected chi connectivity index (χ2v) is 11.2. The van der Waals surface area contributed by atoms with Crippen LogP contribution in [0.3, 0.4) is 0 Å². The zero-order valence-electron chi connectivity index (χ0n) is 12.3. The summed E-state index contributed by atoms with van der Waals surface area (Å²) in [4.78, 5) is 12.9. The maximum absolute atomic E-state index is 10.7.